The van der Waals surface area contributed by atoms with Gasteiger partial charge in [-0.15, -0.1) is 0 Å². The van der Waals surface area contributed by atoms with E-state index in [0.717, 1.165) is 0 Å². The molecule has 0 spiro atoms. The Bertz CT molecular complexity index is 790. The number of nitrogens with zero attached hydrogens (tertiary/aromatic N) is 1. The average molecular weight is 340 g/mol. The second-order valence-electron chi connectivity index (χ2n) is 4.68. The maximum absolute atomic E-state index is 13.0. The van der Waals surface area contributed by atoms with Gasteiger partial charge in [-0.2, -0.15) is 0 Å². The van der Waals surface area contributed by atoms with Crippen LogP contribution in [0.2, 0.25) is 10.0 Å². The lowest BCUT2D eigenvalue weighted by Gasteiger charge is -2.23. The van der Waals surface area contributed by atoms with E-state index in [1.165, 1.54) is 42.5 Å². The molecule has 22 heavy (non-hydrogen) atoms. The molecule has 0 radical (unpaired) electrons. The Balaban J connectivity index is 2.13. The van der Waals surface area contributed by atoms with E-state index in [1.807, 2.05) is 0 Å². The van der Waals surface area contributed by atoms with Gasteiger partial charge in [0.2, 0.25) is 6.10 Å². The normalized spacial score (nSPS) is 16.5. The molecule has 0 saturated heterocycles. The van der Waals surface area contributed by atoms with Crippen molar-refractivity contribution in [3.8, 4) is 5.75 Å². The van der Waals surface area contributed by atoms with Gasteiger partial charge in [-0.25, -0.2) is 4.39 Å². The average Bonchev–Trinajstić information content (AvgIpc) is 2.47. The van der Waals surface area contributed by atoms with Crippen molar-refractivity contribution in [2.75, 3.05) is 0 Å². The SMILES string of the molecule is O=[N+]([O-])C1=Cc2cc(Cl)cc(Cl)c2O[C@H]1c1ccc(F)cc1. The molecule has 0 fully saturated rings. The van der Waals surface area contributed by atoms with E-state index in [1.54, 1.807) is 0 Å². The zero-order valence-electron chi connectivity index (χ0n) is 10.9. The summed E-state index contributed by atoms with van der Waals surface area (Å²) < 4.78 is 18.7. The van der Waals surface area contributed by atoms with Crippen molar-refractivity contribution in [1.29, 1.82) is 0 Å². The Labute approximate surface area is 134 Å². The van der Waals surface area contributed by atoms with Crippen molar-refractivity contribution in [3.63, 3.8) is 0 Å². The van der Waals surface area contributed by atoms with Gasteiger partial charge in [0, 0.05) is 22.2 Å². The van der Waals surface area contributed by atoms with Crippen LogP contribution in [-0.2, 0) is 0 Å². The molecule has 0 amide bonds. The minimum Gasteiger partial charge on any atom is -0.472 e. The van der Waals surface area contributed by atoms with Crippen molar-refractivity contribution in [2.45, 2.75) is 6.10 Å². The fourth-order valence-corrected chi connectivity index (χ4v) is 2.80. The zero-order chi connectivity index (χ0) is 15.9. The Morgan fingerprint density at radius 1 is 1.18 bits per heavy atom. The summed E-state index contributed by atoms with van der Waals surface area (Å²) in [7, 11) is 0. The second kappa shape index (κ2) is 5.59. The molecule has 0 unspecified atom stereocenters. The van der Waals surface area contributed by atoms with Gasteiger partial charge in [-0.1, -0.05) is 35.3 Å². The highest BCUT2D eigenvalue weighted by Crippen LogP contribution is 2.42. The minimum absolute atomic E-state index is 0.169. The molecule has 0 saturated carbocycles. The Morgan fingerprint density at radius 3 is 2.50 bits per heavy atom. The van der Waals surface area contributed by atoms with Crippen molar-refractivity contribution in [2.24, 2.45) is 0 Å². The van der Waals surface area contributed by atoms with E-state index in [-0.39, 0.29) is 10.7 Å². The molecule has 1 heterocycles. The van der Waals surface area contributed by atoms with E-state index in [2.05, 4.69) is 0 Å². The third kappa shape index (κ3) is 2.65. The van der Waals surface area contributed by atoms with Crippen molar-refractivity contribution in [1.82, 2.24) is 0 Å². The van der Waals surface area contributed by atoms with E-state index < -0.39 is 16.8 Å². The van der Waals surface area contributed by atoms with Crippen LogP contribution in [0.3, 0.4) is 0 Å². The van der Waals surface area contributed by atoms with Gasteiger partial charge in [0.25, 0.3) is 5.70 Å². The Kier molecular flexibility index (Phi) is 3.76. The molecule has 2 aromatic rings. The zero-order valence-corrected chi connectivity index (χ0v) is 12.4. The maximum atomic E-state index is 13.0. The van der Waals surface area contributed by atoms with E-state index in [4.69, 9.17) is 27.9 Å². The number of benzene rings is 2. The van der Waals surface area contributed by atoms with Gasteiger partial charge in [0.1, 0.15) is 11.6 Å². The summed E-state index contributed by atoms with van der Waals surface area (Å²) in [5.41, 5.74) is 0.723. The van der Waals surface area contributed by atoms with Crippen LogP contribution < -0.4 is 4.74 Å². The fraction of sp³-hybridized carbons (Fsp3) is 0.0667. The first kappa shape index (κ1) is 14.8. The maximum Gasteiger partial charge on any atom is 0.291 e. The number of hydrogen-bond acceptors (Lipinski definition) is 3. The fourth-order valence-electron chi connectivity index (χ4n) is 2.25. The molecule has 0 aromatic heterocycles. The number of hydrogen-bond donors (Lipinski definition) is 0. The second-order valence-corrected chi connectivity index (χ2v) is 5.53. The van der Waals surface area contributed by atoms with Gasteiger partial charge in [0.15, 0.2) is 0 Å². The van der Waals surface area contributed by atoms with Crippen LogP contribution in [-0.4, -0.2) is 4.92 Å². The number of fused-ring (bicyclic) bond motifs is 1. The summed E-state index contributed by atoms with van der Waals surface area (Å²) in [6.07, 6.45) is 0.395. The summed E-state index contributed by atoms with van der Waals surface area (Å²) in [6, 6.07) is 8.34. The summed E-state index contributed by atoms with van der Waals surface area (Å²) in [5.74, 6) is -0.123. The standard InChI is InChI=1S/C15H8Cl2FNO3/c16-10-5-9-6-13(19(20)21)15(22-14(9)12(17)7-10)8-1-3-11(18)4-2-8/h1-7,15H/t15-/m0/s1. The topological polar surface area (TPSA) is 52.4 Å². The summed E-state index contributed by atoms with van der Waals surface area (Å²) in [6.45, 7) is 0. The first-order valence-corrected chi connectivity index (χ1v) is 6.98. The predicted octanol–water partition coefficient (Wildman–Crippen LogP) is 4.88. The van der Waals surface area contributed by atoms with E-state index >= 15 is 0 Å². The molecule has 112 valence electrons. The molecule has 2 aromatic carbocycles. The van der Waals surface area contributed by atoms with Gasteiger partial charge in [-0.05, 0) is 24.3 Å². The summed E-state index contributed by atoms with van der Waals surface area (Å²) in [5, 5.41) is 11.9. The van der Waals surface area contributed by atoms with Crippen LogP contribution >= 0.6 is 23.2 Å². The van der Waals surface area contributed by atoms with Gasteiger partial charge in [0.05, 0.1) is 9.95 Å². The molecule has 1 atom stereocenters. The van der Waals surface area contributed by atoms with Crippen molar-refractivity contribution in [3.05, 3.63) is 79.2 Å². The number of rotatable bonds is 2. The highest BCUT2D eigenvalue weighted by Gasteiger charge is 2.34. The van der Waals surface area contributed by atoms with Crippen LogP contribution in [0.4, 0.5) is 4.39 Å². The van der Waals surface area contributed by atoms with E-state index in [9.17, 15) is 14.5 Å². The lowest BCUT2D eigenvalue weighted by Crippen LogP contribution is -2.20. The summed E-state index contributed by atoms with van der Waals surface area (Å²) in [4.78, 5) is 10.8. The third-order valence-electron chi connectivity index (χ3n) is 3.23. The minimum atomic E-state index is -0.971. The van der Waals surface area contributed by atoms with Gasteiger partial charge < -0.3 is 4.74 Å². The predicted molar refractivity (Wildman–Crippen MR) is 81.2 cm³/mol. The first-order chi connectivity index (χ1) is 10.5. The Hall–Kier alpha value is -2.11. The molecule has 4 nitrogen and oxygen atoms in total. The highest BCUT2D eigenvalue weighted by atomic mass is 35.5. The summed E-state index contributed by atoms with van der Waals surface area (Å²) >= 11 is 12.0. The first-order valence-electron chi connectivity index (χ1n) is 6.23. The monoisotopic (exact) mass is 339 g/mol. The highest BCUT2D eigenvalue weighted by molar-refractivity contribution is 6.36. The van der Waals surface area contributed by atoms with Crippen LogP contribution in [0.15, 0.2) is 42.1 Å². The molecule has 1 aliphatic heterocycles. The largest absolute Gasteiger partial charge is 0.472 e. The number of halogens is 3. The van der Waals surface area contributed by atoms with Crippen molar-refractivity contribution < 1.29 is 14.1 Å². The Morgan fingerprint density at radius 2 is 1.86 bits per heavy atom. The van der Waals surface area contributed by atoms with Crippen LogP contribution in [0, 0.1) is 15.9 Å². The van der Waals surface area contributed by atoms with E-state index in [0.29, 0.717) is 21.9 Å². The lowest BCUT2D eigenvalue weighted by molar-refractivity contribution is -0.434. The molecule has 0 bridgehead atoms. The number of ether oxygens (including phenoxy) is 1. The molecule has 1 aliphatic rings. The van der Waals surface area contributed by atoms with Crippen molar-refractivity contribution >= 4 is 29.3 Å². The van der Waals surface area contributed by atoms with Crippen LogP contribution in [0.5, 0.6) is 5.75 Å². The smallest absolute Gasteiger partial charge is 0.291 e. The quantitative estimate of drug-likeness (QED) is 0.578. The molecular weight excluding hydrogens is 332 g/mol. The van der Waals surface area contributed by atoms with Crippen LogP contribution in [0.25, 0.3) is 6.08 Å². The van der Waals surface area contributed by atoms with Gasteiger partial charge in [-0.3, -0.25) is 10.1 Å². The molecule has 7 heteroatoms. The third-order valence-corrected chi connectivity index (χ3v) is 3.73. The van der Waals surface area contributed by atoms with Crippen LogP contribution in [0.1, 0.15) is 17.2 Å². The molecule has 0 aliphatic carbocycles. The molecule has 3 rings (SSSR count). The number of nitro groups is 1. The molecule has 0 N–H and O–H groups in total. The lowest BCUT2D eigenvalue weighted by atomic mass is 10.0. The molecular formula is C15H8Cl2FNO3. The van der Waals surface area contributed by atoms with Gasteiger partial charge >= 0.3 is 0 Å².